The van der Waals surface area contributed by atoms with E-state index in [0.717, 1.165) is 46.5 Å². The van der Waals surface area contributed by atoms with Crippen LogP contribution in [0.15, 0.2) is 49.3 Å². The summed E-state index contributed by atoms with van der Waals surface area (Å²) in [6.07, 6.45) is 6.79. The minimum absolute atomic E-state index is 0. The van der Waals surface area contributed by atoms with Gasteiger partial charge in [-0.05, 0) is 73.8 Å². The summed E-state index contributed by atoms with van der Waals surface area (Å²) >= 11 is 0. The largest absolute Gasteiger partial charge is 0.401 e. The zero-order valence-corrected chi connectivity index (χ0v) is 20.6. The lowest BCUT2D eigenvalue weighted by Crippen LogP contribution is -2.58. The zero-order chi connectivity index (χ0) is 25.1. The lowest BCUT2D eigenvalue weighted by Gasteiger charge is -2.54. The molecule has 1 aromatic carbocycles. The van der Waals surface area contributed by atoms with Crippen LogP contribution in [0.5, 0.6) is 0 Å². The first-order valence-electron chi connectivity index (χ1n) is 12.9. The van der Waals surface area contributed by atoms with Crippen LogP contribution >= 0.6 is 0 Å². The normalized spacial score (nSPS) is 24.6. The Morgan fingerprint density at radius 1 is 1.17 bits per heavy atom. The Morgan fingerprint density at radius 2 is 1.94 bits per heavy atom. The Morgan fingerprint density at radius 3 is 2.61 bits per heavy atom. The van der Waals surface area contributed by atoms with Crippen molar-refractivity contribution in [3.63, 3.8) is 0 Å². The second-order valence-corrected chi connectivity index (χ2v) is 11.1. The Hall–Kier alpha value is -2.87. The van der Waals surface area contributed by atoms with Crippen molar-refractivity contribution in [2.24, 2.45) is 11.3 Å². The van der Waals surface area contributed by atoms with Gasteiger partial charge in [0.1, 0.15) is 5.82 Å². The first kappa shape index (κ1) is 23.5. The molecule has 6 rings (SSSR count). The highest BCUT2D eigenvalue weighted by Gasteiger charge is 2.45. The first-order valence-corrected chi connectivity index (χ1v) is 12.9. The molecule has 0 bridgehead atoms. The van der Waals surface area contributed by atoms with Crippen molar-refractivity contribution in [2.75, 3.05) is 24.5 Å². The summed E-state index contributed by atoms with van der Waals surface area (Å²) in [7, 11) is 0. The number of nitrogens with zero attached hydrogens (tertiary/aromatic N) is 4. The lowest BCUT2D eigenvalue weighted by atomic mass is 9.66. The van der Waals surface area contributed by atoms with Crippen molar-refractivity contribution >= 4 is 16.7 Å². The van der Waals surface area contributed by atoms with Gasteiger partial charge in [-0.25, -0.2) is 4.98 Å². The number of hydrogen-bond acceptors (Lipinski definition) is 4. The van der Waals surface area contributed by atoms with E-state index >= 15 is 0 Å². The number of halogens is 3. The number of nitrogens with one attached hydrogen (secondary N) is 1. The van der Waals surface area contributed by atoms with Gasteiger partial charge in [-0.1, -0.05) is 18.2 Å². The second kappa shape index (κ2) is 8.61. The minimum Gasteiger partial charge on any atom is -0.355 e. The monoisotopic (exact) mass is 497 g/mol. The van der Waals surface area contributed by atoms with Crippen LogP contribution in [0.1, 0.15) is 56.8 Å². The van der Waals surface area contributed by atoms with Crippen molar-refractivity contribution in [1.82, 2.24) is 20.1 Å². The Bertz CT molecular complexity index is 1260. The van der Waals surface area contributed by atoms with Crippen molar-refractivity contribution in [3.8, 4) is 0 Å². The average Bonchev–Trinajstić information content (AvgIpc) is 3.32. The maximum Gasteiger partial charge on any atom is 0.401 e. The van der Waals surface area contributed by atoms with E-state index in [2.05, 4.69) is 27.8 Å². The quantitative estimate of drug-likeness (QED) is 0.431. The van der Waals surface area contributed by atoms with Gasteiger partial charge in [-0.2, -0.15) is 18.3 Å². The first-order chi connectivity index (χ1) is 17.3. The molecule has 0 unspecified atom stereocenters. The average molecular weight is 498 g/mol. The fourth-order valence-corrected chi connectivity index (χ4v) is 6.72. The third kappa shape index (κ3) is 4.09. The third-order valence-corrected chi connectivity index (χ3v) is 8.71. The Labute approximate surface area is 210 Å². The van der Waals surface area contributed by atoms with Crippen LogP contribution in [-0.4, -0.2) is 51.9 Å². The van der Waals surface area contributed by atoms with Gasteiger partial charge >= 0.3 is 6.18 Å². The van der Waals surface area contributed by atoms with Gasteiger partial charge in [-0.15, -0.1) is 6.58 Å². The fourth-order valence-electron chi connectivity index (χ4n) is 6.72. The van der Waals surface area contributed by atoms with Crippen LogP contribution in [-0.2, 0) is 6.42 Å². The van der Waals surface area contributed by atoms with Crippen LogP contribution in [0.3, 0.4) is 0 Å². The van der Waals surface area contributed by atoms with E-state index in [-0.39, 0.29) is 7.47 Å². The molecular formula is C28H34F3N5. The number of aromatic amines is 1. The molecular weight excluding hydrogens is 463 g/mol. The second-order valence-electron chi connectivity index (χ2n) is 11.1. The Kier molecular flexibility index (Phi) is 5.63. The number of benzene rings is 1. The number of H-pyrrole nitrogens is 1. The fraction of sp³-hybridized carbons (Fsp3) is 0.500. The third-order valence-electron chi connectivity index (χ3n) is 8.71. The molecule has 3 aliphatic rings. The van der Waals surface area contributed by atoms with E-state index in [1.54, 1.807) is 17.3 Å². The van der Waals surface area contributed by atoms with Crippen LogP contribution in [0, 0.1) is 11.3 Å². The minimum atomic E-state index is -4.28. The molecule has 5 nitrogen and oxygen atoms in total. The summed E-state index contributed by atoms with van der Waals surface area (Å²) < 4.78 is 40.9. The number of fused-ring (bicyclic) bond motifs is 3. The predicted octanol–water partition coefficient (Wildman–Crippen LogP) is 6.28. The molecule has 1 aliphatic carbocycles. The highest BCUT2D eigenvalue weighted by molar-refractivity contribution is 5.83. The maximum absolute atomic E-state index is 13.6. The molecule has 0 radical (unpaired) electrons. The standard InChI is InChI=1S/C28H32F3N5.H2/c1-3-19-8-10-27(11-9-19)15-35(16-27)25-7-4-20(13-32-25)26-21-5-6-24-23(14-33-34-24)22(21)12-18(2)36(26)17-28(29,30)31;/h3-7,13-14,18-19,26H,1,8-12,15-17H2,2H3,(H,33,34);1H/t18-,26-;/m1./s1. The lowest BCUT2D eigenvalue weighted by molar-refractivity contribution is -0.155. The summed E-state index contributed by atoms with van der Waals surface area (Å²) in [6.45, 7) is 6.88. The summed E-state index contributed by atoms with van der Waals surface area (Å²) in [5, 5.41) is 8.13. The molecule has 36 heavy (non-hydrogen) atoms. The number of hydrogen-bond donors (Lipinski definition) is 1. The molecule has 1 N–H and O–H groups in total. The molecule has 1 saturated carbocycles. The van der Waals surface area contributed by atoms with Crippen LogP contribution < -0.4 is 4.90 Å². The molecule has 2 aromatic heterocycles. The summed E-state index contributed by atoms with van der Waals surface area (Å²) in [6, 6.07) is 7.03. The van der Waals surface area contributed by atoms with Gasteiger partial charge in [0.25, 0.3) is 0 Å². The highest BCUT2D eigenvalue weighted by Crippen LogP contribution is 2.47. The SMILES string of the molecule is C=CC1CCC2(CC1)CN(c1ccc([C@@H]3c4ccc5[nH]ncc5c4C[C@@H](C)N3CC(F)(F)F)cn1)C2.[HH]. The van der Waals surface area contributed by atoms with E-state index in [9.17, 15) is 13.2 Å². The molecule has 8 heteroatoms. The van der Waals surface area contributed by atoms with Gasteiger partial charge in [0.2, 0.25) is 0 Å². The molecule has 3 aromatic rings. The smallest absolute Gasteiger partial charge is 0.355 e. The summed E-state index contributed by atoms with van der Waals surface area (Å²) in [5.74, 6) is 1.55. The highest BCUT2D eigenvalue weighted by atomic mass is 19.4. The molecule has 0 amide bonds. The molecule has 2 fully saturated rings. The number of pyridine rings is 1. The molecule has 192 valence electrons. The topological polar surface area (TPSA) is 48.1 Å². The number of anilines is 1. The van der Waals surface area contributed by atoms with E-state index in [1.165, 1.54) is 25.7 Å². The predicted molar refractivity (Wildman–Crippen MR) is 137 cm³/mol. The van der Waals surface area contributed by atoms with Crippen molar-refractivity contribution in [3.05, 3.63) is 66.0 Å². The Balaban J connectivity index is 0.00000280. The van der Waals surface area contributed by atoms with E-state index < -0.39 is 18.8 Å². The van der Waals surface area contributed by atoms with Gasteiger partial charge in [0.15, 0.2) is 0 Å². The van der Waals surface area contributed by atoms with E-state index in [1.807, 2.05) is 31.2 Å². The van der Waals surface area contributed by atoms with Crippen LogP contribution in [0.25, 0.3) is 10.9 Å². The molecule has 4 heterocycles. The number of rotatable bonds is 4. The molecule has 1 saturated heterocycles. The number of allylic oxidation sites excluding steroid dienone is 1. The number of alkyl halides is 3. The summed E-state index contributed by atoms with van der Waals surface area (Å²) in [5.41, 5.74) is 4.06. The van der Waals surface area contributed by atoms with Gasteiger partial charge in [0, 0.05) is 37.6 Å². The van der Waals surface area contributed by atoms with E-state index in [0.29, 0.717) is 17.8 Å². The van der Waals surface area contributed by atoms with Gasteiger partial charge < -0.3 is 4.90 Å². The number of aromatic nitrogens is 3. The van der Waals surface area contributed by atoms with Gasteiger partial charge in [0.05, 0.1) is 24.3 Å². The maximum atomic E-state index is 13.6. The van der Waals surface area contributed by atoms with Crippen molar-refractivity contribution in [2.45, 2.75) is 57.3 Å². The van der Waals surface area contributed by atoms with Crippen LogP contribution in [0.4, 0.5) is 19.0 Å². The van der Waals surface area contributed by atoms with Gasteiger partial charge in [-0.3, -0.25) is 10.00 Å². The van der Waals surface area contributed by atoms with Crippen molar-refractivity contribution < 1.29 is 14.6 Å². The summed E-state index contributed by atoms with van der Waals surface area (Å²) in [4.78, 5) is 8.62. The zero-order valence-electron chi connectivity index (χ0n) is 20.6. The van der Waals surface area contributed by atoms with Crippen molar-refractivity contribution in [1.29, 1.82) is 0 Å². The molecule has 2 aliphatic heterocycles. The van der Waals surface area contributed by atoms with Crippen LogP contribution in [0.2, 0.25) is 0 Å². The van der Waals surface area contributed by atoms with E-state index in [4.69, 9.17) is 4.98 Å². The molecule has 1 spiro atoms. The molecule has 2 atom stereocenters.